The van der Waals surface area contributed by atoms with Crippen LogP contribution in [0.15, 0.2) is 4.79 Å². The number of aromatic nitrogens is 2. The van der Waals surface area contributed by atoms with Gasteiger partial charge in [0.1, 0.15) is 10.7 Å². The Hall–Kier alpha value is -1.69. The molecule has 0 N–H and O–H groups in total. The molecule has 6 heteroatoms. The minimum absolute atomic E-state index is 0.0391. The highest BCUT2D eigenvalue weighted by molar-refractivity contribution is 7.20. The standard InChI is InChI=1S/C19H25N3O2S/c1-11(2)22(13-8-9-13)19(24)16-12(3)15-17(25-16)20-14-7-5-4-6-10-21(14)18(15)23/h11,13H,4-10H2,1-3H3. The molecule has 1 aliphatic carbocycles. The molecule has 1 saturated carbocycles. The summed E-state index contributed by atoms with van der Waals surface area (Å²) in [6, 6.07) is 0.540. The van der Waals surface area contributed by atoms with E-state index in [9.17, 15) is 9.59 Å². The number of rotatable bonds is 3. The molecular formula is C19H25N3O2S. The maximum absolute atomic E-state index is 13.1. The van der Waals surface area contributed by atoms with Crippen molar-refractivity contribution in [1.82, 2.24) is 14.5 Å². The highest BCUT2D eigenvalue weighted by Crippen LogP contribution is 2.34. The second kappa shape index (κ2) is 6.24. The van der Waals surface area contributed by atoms with Crippen LogP contribution in [0.5, 0.6) is 0 Å². The van der Waals surface area contributed by atoms with Crippen molar-refractivity contribution < 1.29 is 4.79 Å². The summed E-state index contributed by atoms with van der Waals surface area (Å²) >= 11 is 1.40. The van der Waals surface area contributed by atoms with Crippen LogP contribution >= 0.6 is 11.3 Å². The second-order valence-corrected chi connectivity index (χ2v) is 8.57. The molecule has 1 aliphatic heterocycles. The van der Waals surface area contributed by atoms with E-state index in [2.05, 4.69) is 13.8 Å². The number of carbonyl (C=O) groups excluding carboxylic acids is 1. The average molecular weight is 359 g/mol. The predicted molar refractivity (Wildman–Crippen MR) is 100 cm³/mol. The lowest BCUT2D eigenvalue weighted by Crippen LogP contribution is -2.38. The zero-order valence-electron chi connectivity index (χ0n) is 15.2. The monoisotopic (exact) mass is 359 g/mol. The first kappa shape index (κ1) is 16.8. The lowest BCUT2D eigenvalue weighted by molar-refractivity contribution is 0.0694. The zero-order valence-corrected chi connectivity index (χ0v) is 16.0. The van der Waals surface area contributed by atoms with E-state index in [1.807, 2.05) is 16.4 Å². The van der Waals surface area contributed by atoms with Crippen LogP contribution in [0.4, 0.5) is 0 Å². The highest BCUT2D eigenvalue weighted by Gasteiger charge is 2.36. The van der Waals surface area contributed by atoms with Gasteiger partial charge >= 0.3 is 0 Å². The number of fused-ring (bicyclic) bond motifs is 2. The van der Waals surface area contributed by atoms with Crippen LogP contribution in [-0.4, -0.2) is 32.4 Å². The van der Waals surface area contributed by atoms with E-state index in [0.29, 0.717) is 16.3 Å². The number of amides is 1. The summed E-state index contributed by atoms with van der Waals surface area (Å²) in [5, 5.41) is 0.651. The minimum atomic E-state index is 0.0391. The fraction of sp³-hybridized carbons (Fsp3) is 0.632. The van der Waals surface area contributed by atoms with Gasteiger partial charge in [-0.2, -0.15) is 0 Å². The van der Waals surface area contributed by atoms with E-state index in [1.165, 1.54) is 11.3 Å². The molecule has 1 fully saturated rings. The van der Waals surface area contributed by atoms with Crippen molar-refractivity contribution in [3.8, 4) is 0 Å². The summed E-state index contributed by atoms with van der Waals surface area (Å²) in [6.45, 7) is 6.78. The number of aryl methyl sites for hydroxylation is 2. The Morgan fingerprint density at radius 2 is 2.04 bits per heavy atom. The zero-order chi connectivity index (χ0) is 17.7. The third-order valence-electron chi connectivity index (χ3n) is 5.34. The second-order valence-electron chi connectivity index (χ2n) is 7.57. The van der Waals surface area contributed by atoms with Crippen LogP contribution in [0.3, 0.4) is 0 Å². The lowest BCUT2D eigenvalue weighted by Gasteiger charge is -2.26. The van der Waals surface area contributed by atoms with Gasteiger partial charge in [0, 0.05) is 25.0 Å². The van der Waals surface area contributed by atoms with Crippen LogP contribution in [0.25, 0.3) is 10.2 Å². The summed E-state index contributed by atoms with van der Waals surface area (Å²) in [5.74, 6) is 0.954. The van der Waals surface area contributed by atoms with E-state index in [4.69, 9.17) is 4.98 Å². The molecule has 0 saturated heterocycles. The van der Waals surface area contributed by atoms with Gasteiger partial charge in [0.2, 0.25) is 0 Å². The smallest absolute Gasteiger partial charge is 0.264 e. The molecule has 0 bridgehead atoms. The van der Waals surface area contributed by atoms with Crippen LogP contribution in [0.1, 0.15) is 67.0 Å². The number of carbonyl (C=O) groups is 1. The predicted octanol–water partition coefficient (Wildman–Crippen LogP) is 3.51. The van der Waals surface area contributed by atoms with Gasteiger partial charge in [0.25, 0.3) is 11.5 Å². The first-order valence-electron chi connectivity index (χ1n) is 9.34. The number of thiophene rings is 1. The largest absolute Gasteiger partial charge is 0.333 e. The molecule has 25 heavy (non-hydrogen) atoms. The lowest BCUT2D eigenvalue weighted by atomic mass is 10.1. The molecule has 5 nitrogen and oxygen atoms in total. The van der Waals surface area contributed by atoms with E-state index < -0.39 is 0 Å². The molecule has 0 aromatic carbocycles. The maximum atomic E-state index is 13.1. The molecule has 4 rings (SSSR count). The summed E-state index contributed by atoms with van der Waals surface area (Å²) in [6.07, 6.45) is 6.27. The molecule has 0 atom stereocenters. The number of hydrogen-bond acceptors (Lipinski definition) is 4. The van der Waals surface area contributed by atoms with Crippen LogP contribution in [0.2, 0.25) is 0 Å². The van der Waals surface area contributed by atoms with Gasteiger partial charge in [-0.05, 0) is 52.0 Å². The maximum Gasteiger partial charge on any atom is 0.264 e. The van der Waals surface area contributed by atoms with Gasteiger partial charge in [-0.3, -0.25) is 14.2 Å². The van der Waals surface area contributed by atoms with Gasteiger partial charge in [0.15, 0.2) is 0 Å². The van der Waals surface area contributed by atoms with Crippen LogP contribution in [0, 0.1) is 6.92 Å². The molecule has 0 unspecified atom stereocenters. The summed E-state index contributed by atoms with van der Waals surface area (Å²) < 4.78 is 1.84. The Kier molecular flexibility index (Phi) is 4.18. The average Bonchev–Trinajstić information content (AvgIpc) is 3.35. The fourth-order valence-corrected chi connectivity index (χ4v) is 5.04. The highest BCUT2D eigenvalue weighted by atomic mass is 32.1. The molecule has 0 spiro atoms. The van der Waals surface area contributed by atoms with Gasteiger partial charge < -0.3 is 4.90 Å². The molecular weight excluding hydrogens is 334 g/mol. The van der Waals surface area contributed by atoms with Crippen molar-refractivity contribution in [2.75, 3.05) is 0 Å². The van der Waals surface area contributed by atoms with E-state index in [1.54, 1.807) is 0 Å². The summed E-state index contributed by atoms with van der Waals surface area (Å²) in [5.41, 5.74) is 0.852. The van der Waals surface area contributed by atoms with Crippen molar-refractivity contribution in [2.45, 2.75) is 77.9 Å². The van der Waals surface area contributed by atoms with Crippen molar-refractivity contribution in [3.05, 3.63) is 26.6 Å². The number of hydrogen-bond donors (Lipinski definition) is 0. The van der Waals surface area contributed by atoms with Gasteiger partial charge in [-0.15, -0.1) is 11.3 Å². The molecule has 0 radical (unpaired) electrons. The molecule has 3 heterocycles. The first-order valence-corrected chi connectivity index (χ1v) is 10.2. The molecule has 1 amide bonds. The van der Waals surface area contributed by atoms with Crippen molar-refractivity contribution in [3.63, 3.8) is 0 Å². The molecule has 2 aromatic rings. The SMILES string of the molecule is Cc1c(C(=O)N(C(C)C)C2CC2)sc2nc3n(c(=O)c12)CCCCC3. The summed E-state index contributed by atoms with van der Waals surface area (Å²) in [7, 11) is 0. The third-order valence-corrected chi connectivity index (χ3v) is 6.51. The molecule has 2 aliphatic rings. The first-order chi connectivity index (χ1) is 12.0. The Morgan fingerprint density at radius 3 is 2.72 bits per heavy atom. The van der Waals surface area contributed by atoms with Crippen molar-refractivity contribution >= 4 is 27.5 Å². The van der Waals surface area contributed by atoms with E-state index >= 15 is 0 Å². The Labute approximate surface area is 151 Å². The number of nitrogens with zero attached hydrogens (tertiary/aromatic N) is 3. The van der Waals surface area contributed by atoms with Gasteiger partial charge in [-0.25, -0.2) is 4.98 Å². The van der Waals surface area contributed by atoms with Crippen LogP contribution in [-0.2, 0) is 13.0 Å². The summed E-state index contributed by atoms with van der Waals surface area (Å²) in [4.78, 5) is 34.4. The van der Waals surface area contributed by atoms with Gasteiger partial charge in [0.05, 0.1) is 10.3 Å². The Bertz CT molecular complexity index is 890. The quantitative estimate of drug-likeness (QED) is 0.843. The Morgan fingerprint density at radius 1 is 1.28 bits per heavy atom. The molecule has 2 aromatic heterocycles. The van der Waals surface area contributed by atoms with Gasteiger partial charge in [-0.1, -0.05) is 6.42 Å². The minimum Gasteiger partial charge on any atom is -0.333 e. The molecule has 134 valence electrons. The van der Waals surface area contributed by atoms with E-state index in [0.717, 1.165) is 61.3 Å². The van der Waals surface area contributed by atoms with Crippen molar-refractivity contribution in [2.24, 2.45) is 0 Å². The third kappa shape index (κ3) is 2.80. The van der Waals surface area contributed by atoms with Crippen molar-refractivity contribution in [1.29, 1.82) is 0 Å². The Balaban J connectivity index is 1.84. The topological polar surface area (TPSA) is 55.2 Å². The fourth-order valence-electron chi connectivity index (χ4n) is 3.91. The normalized spacial score (nSPS) is 17.6. The van der Waals surface area contributed by atoms with Crippen LogP contribution < -0.4 is 5.56 Å². The van der Waals surface area contributed by atoms with E-state index in [-0.39, 0.29) is 17.5 Å².